The van der Waals surface area contributed by atoms with Crippen molar-refractivity contribution >= 4 is 5.97 Å². The molecule has 3 nitrogen and oxygen atoms in total. The van der Waals surface area contributed by atoms with Crippen molar-refractivity contribution in [3.05, 3.63) is 95.1 Å². The van der Waals surface area contributed by atoms with E-state index >= 15 is 0 Å². The van der Waals surface area contributed by atoms with Crippen molar-refractivity contribution < 1.29 is 23.1 Å². The van der Waals surface area contributed by atoms with Crippen LogP contribution in [0.5, 0.6) is 0 Å². The lowest BCUT2D eigenvalue weighted by molar-refractivity contribution is -0.142. The highest BCUT2D eigenvalue weighted by Gasteiger charge is 2.42. The van der Waals surface area contributed by atoms with Gasteiger partial charge >= 0.3 is 12.1 Å². The summed E-state index contributed by atoms with van der Waals surface area (Å²) < 4.78 is 44.4. The van der Waals surface area contributed by atoms with Gasteiger partial charge in [0, 0.05) is 13.1 Å². The molecule has 1 fully saturated rings. The Balaban J connectivity index is 1.85. The van der Waals surface area contributed by atoms with Crippen LogP contribution < -0.4 is 0 Å². The molecule has 3 aromatic carbocycles. The van der Waals surface area contributed by atoms with E-state index < -0.39 is 23.6 Å². The van der Waals surface area contributed by atoms with Crippen molar-refractivity contribution in [3.63, 3.8) is 0 Å². The zero-order valence-electron chi connectivity index (χ0n) is 21.3. The smallest absolute Gasteiger partial charge is 0.416 e. The lowest BCUT2D eigenvalue weighted by atomic mass is 9.78. The molecule has 3 aromatic rings. The Hall–Kier alpha value is -3.12. The first-order chi connectivity index (χ1) is 17.6. The number of alkyl halides is 3. The van der Waals surface area contributed by atoms with Crippen LogP contribution in [0.25, 0.3) is 11.1 Å². The zero-order chi connectivity index (χ0) is 26.6. The Kier molecular flexibility index (Phi) is 8.38. The SMILES string of the molecule is CC(C)CC(C(=O)O)c1cc(-c2ccccc2)cc(C2CCCN(Cc3ccccc3)C2)c1C(F)(F)F. The van der Waals surface area contributed by atoms with Gasteiger partial charge in [0.25, 0.3) is 0 Å². The number of carbonyl (C=O) groups is 1. The Labute approximate surface area is 216 Å². The molecule has 1 saturated heterocycles. The minimum absolute atomic E-state index is 0.0675. The predicted octanol–water partition coefficient (Wildman–Crippen LogP) is 7.97. The Morgan fingerprint density at radius 3 is 2.24 bits per heavy atom. The summed E-state index contributed by atoms with van der Waals surface area (Å²) in [6.07, 6.45) is -3.10. The molecular weight excluding hydrogens is 475 g/mol. The maximum atomic E-state index is 14.8. The molecule has 0 radical (unpaired) electrons. The van der Waals surface area contributed by atoms with Crippen LogP contribution in [0.1, 0.15) is 67.2 Å². The number of carboxylic acid groups (broad SMARTS) is 1. The van der Waals surface area contributed by atoms with E-state index in [-0.39, 0.29) is 29.4 Å². The van der Waals surface area contributed by atoms with Gasteiger partial charge in [-0.05, 0) is 71.5 Å². The lowest BCUT2D eigenvalue weighted by Gasteiger charge is -2.35. The molecule has 0 amide bonds. The van der Waals surface area contributed by atoms with Crippen LogP contribution in [0.2, 0.25) is 0 Å². The van der Waals surface area contributed by atoms with Crippen LogP contribution in [0.15, 0.2) is 72.8 Å². The van der Waals surface area contributed by atoms with Crippen molar-refractivity contribution in [2.75, 3.05) is 13.1 Å². The molecule has 2 unspecified atom stereocenters. The third-order valence-electron chi connectivity index (χ3n) is 7.16. The molecular formula is C31H34F3NO2. The van der Waals surface area contributed by atoms with Gasteiger partial charge in [-0.2, -0.15) is 13.2 Å². The van der Waals surface area contributed by atoms with Gasteiger partial charge in [-0.15, -0.1) is 0 Å². The third-order valence-corrected chi connectivity index (χ3v) is 7.16. The monoisotopic (exact) mass is 509 g/mol. The highest BCUT2D eigenvalue weighted by atomic mass is 19.4. The molecule has 1 aliphatic heterocycles. The van der Waals surface area contributed by atoms with E-state index in [1.54, 1.807) is 6.07 Å². The summed E-state index contributed by atoms with van der Waals surface area (Å²) in [5, 5.41) is 10.1. The number of benzene rings is 3. The summed E-state index contributed by atoms with van der Waals surface area (Å²) in [7, 11) is 0. The average Bonchev–Trinajstić information content (AvgIpc) is 2.87. The number of halogens is 3. The van der Waals surface area contributed by atoms with Gasteiger partial charge in [0.2, 0.25) is 0 Å². The largest absolute Gasteiger partial charge is 0.481 e. The molecule has 2 atom stereocenters. The molecule has 1 aliphatic rings. The number of carboxylic acids is 1. The normalized spacial score (nSPS) is 17.6. The summed E-state index contributed by atoms with van der Waals surface area (Å²) in [6.45, 7) is 5.68. The summed E-state index contributed by atoms with van der Waals surface area (Å²) in [5.41, 5.74) is 1.88. The number of piperidine rings is 1. The predicted molar refractivity (Wildman–Crippen MR) is 140 cm³/mol. The topological polar surface area (TPSA) is 40.5 Å². The van der Waals surface area contributed by atoms with Gasteiger partial charge in [0.1, 0.15) is 0 Å². The van der Waals surface area contributed by atoms with Crippen LogP contribution in [-0.4, -0.2) is 29.1 Å². The number of hydrogen-bond donors (Lipinski definition) is 1. The summed E-state index contributed by atoms with van der Waals surface area (Å²) in [6, 6.07) is 22.3. The summed E-state index contributed by atoms with van der Waals surface area (Å²) >= 11 is 0. The maximum absolute atomic E-state index is 14.8. The molecule has 37 heavy (non-hydrogen) atoms. The first-order valence-electron chi connectivity index (χ1n) is 12.9. The molecule has 0 bridgehead atoms. The van der Waals surface area contributed by atoms with Crippen molar-refractivity contribution in [2.24, 2.45) is 5.92 Å². The Bertz CT molecular complexity index is 1190. The van der Waals surface area contributed by atoms with Gasteiger partial charge < -0.3 is 5.11 Å². The maximum Gasteiger partial charge on any atom is 0.416 e. The quantitative estimate of drug-likeness (QED) is 0.335. The van der Waals surface area contributed by atoms with E-state index in [2.05, 4.69) is 4.90 Å². The second kappa shape index (κ2) is 11.5. The number of nitrogens with zero attached hydrogens (tertiary/aromatic N) is 1. The second-order valence-electron chi connectivity index (χ2n) is 10.5. The van der Waals surface area contributed by atoms with Crippen molar-refractivity contribution in [2.45, 2.75) is 57.7 Å². The molecule has 1 heterocycles. The Morgan fingerprint density at radius 2 is 1.65 bits per heavy atom. The van der Waals surface area contributed by atoms with Gasteiger partial charge in [-0.1, -0.05) is 80.6 Å². The summed E-state index contributed by atoms with van der Waals surface area (Å²) in [4.78, 5) is 14.5. The molecule has 196 valence electrons. The molecule has 4 rings (SSSR count). The minimum atomic E-state index is -4.66. The standard InChI is InChI=1S/C31H34F3NO2/c1-21(2)16-28(30(36)37)27-18-25(23-12-7-4-8-13-23)17-26(29(27)31(32,33)34)24-14-9-15-35(20-24)19-22-10-5-3-6-11-22/h3-8,10-13,17-18,21,24,28H,9,14-16,19-20H2,1-2H3,(H,36,37). The number of rotatable bonds is 8. The highest BCUT2D eigenvalue weighted by molar-refractivity contribution is 5.79. The minimum Gasteiger partial charge on any atom is -0.481 e. The molecule has 0 aliphatic carbocycles. The molecule has 0 spiro atoms. The van der Waals surface area contributed by atoms with Crippen LogP contribution in [-0.2, 0) is 17.5 Å². The lowest BCUT2D eigenvalue weighted by Crippen LogP contribution is -2.35. The molecule has 1 N–H and O–H groups in total. The average molecular weight is 510 g/mol. The van der Waals surface area contributed by atoms with Gasteiger partial charge in [-0.25, -0.2) is 0 Å². The van der Waals surface area contributed by atoms with Gasteiger partial charge in [0.05, 0.1) is 11.5 Å². The van der Waals surface area contributed by atoms with Crippen molar-refractivity contribution in [1.82, 2.24) is 4.90 Å². The Morgan fingerprint density at radius 1 is 1.00 bits per heavy atom. The number of aliphatic carboxylic acids is 1. The summed E-state index contributed by atoms with van der Waals surface area (Å²) in [5.74, 6) is -2.86. The van der Waals surface area contributed by atoms with E-state index in [1.165, 1.54) is 6.07 Å². The fraction of sp³-hybridized carbons (Fsp3) is 0.387. The first kappa shape index (κ1) is 26.9. The first-order valence-corrected chi connectivity index (χ1v) is 12.9. The van der Waals surface area contributed by atoms with Crippen LogP contribution in [0, 0.1) is 5.92 Å². The van der Waals surface area contributed by atoms with E-state index in [9.17, 15) is 23.1 Å². The molecule has 0 aromatic heterocycles. The molecule has 6 heteroatoms. The van der Waals surface area contributed by atoms with Gasteiger partial charge in [0.15, 0.2) is 0 Å². The fourth-order valence-corrected chi connectivity index (χ4v) is 5.54. The van der Waals surface area contributed by atoms with E-state index in [0.717, 1.165) is 24.1 Å². The fourth-order valence-electron chi connectivity index (χ4n) is 5.54. The van der Waals surface area contributed by atoms with Gasteiger partial charge in [-0.3, -0.25) is 9.69 Å². The van der Waals surface area contributed by atoms with E-state index in [1.807, 2.05) is 74.5 Å². The van der Waals surface area contributed by atoms with Crippen LogP contribution in [0.4, 0.5) is 13.2 Å². The third kappa shape index (κ3) is 6.61. The van der Waals surface area contributed by atoms with Crippen LogP contribution in [0.3, 0.4) is 0 Å². The van der Waals surface area contributed by atoms with E-state index in [0.29, 0.717) is 25.1 Å². The van der Waals surface area contributed by atoms with Crippen molar-refractivity contribution in [1.29, 1.82) is 0 Å². The number of likely N-dealkylation sites (tertiary alicyclic amines) is 1. The zero-order valence-corrected chi connectivity index (χ0v) is 21.3. The highest BCUT2D eigenvalue weighted by Crippen LogP contribution is 2.45. The van der Waals surface area contributed by atoms with Crippen molar-refractivity contribution in [3.8, 4) is 11.1 Å². The van der Waals surface area contributed by atoms with Crippen LogP contribution >= 0.6 is 0 Å². The second-order valence-corrected chi connectivity index (χ2v) is 10.5. The number of hydrogen-bond acceptors (Lipinski definition) is 2. The van der Waals surface area contributed by atoms with E-state index in [4.69, 9.17) is 0 Å². The molecule has 0 saturated carbocycles.